The van der Waals surface area contributed by atoms with Crippen LogP contribution in [0.4, 0.5) is 10.5 Å². The number of halogens is 1. The molecule has 24 heavy (non-hydrogen) atoms. The van der Waals surface area contributed by atoms with Crippen molar-refractivity contribution in [2.75, 3.05) is 11.9 Å². The highest BCUT2D eigenvalue weighted by Crippen LogP contribution is 2.32. The van der Waals surface area contributed by atoms with Gasteiger partial charge in [-0.2, -0.15) is 0 Å². The molecule has 128 valence electrons. The molecule has 1 spiro atoms. The summed E-state index contributed by atoms with van der Waals surface area (Å²) in [5.74, 6) is -0.706. The SMILES string of the molecule is O=C(CN1C(=O)NC2(CCCCCC2)C1=O)Nc1cccc(Cl)c1. The van der Waals surface area contributed by atoms with E-state index < -0.39 is 17.5 Å². The molecule has 7 heteroatoms. The minimum absolute atomic E-state index is 0.282. The summed E-state index contributed by atoms with van der Waals surface area (Å²) in [6, 6.07) is 6.24. The zero-order chi connectivity index (χ0) is 17.2. The van der Waals surface area contributed by atoms with Gasteiger partial charge in [-0.1, -0.05) is 43.4 Å². The average Bonchev–Trinajstić information content (AvgIpc) is 2.71. The number of hydrogen-bond donors (Lipinski definition) is 2. The van der Waals surface area contributed by atoms with Gasteiger partial charge in [0.15, 0.2) is 0 Å². The van der Waals surface area contributed by atoms with Crippen LogP contribution in [0.2, 0.25) is 5.02 Å². The van der Waals surface area contributed by atoms with E-state index in [1.54, 1.807) is 24.3 Å². The third-order valence-corrected chi connectivity index (χ3v) is 4.85. The quantitative estimate of drug-likeness (QED) is 0.823. The largest absolute Gasteiger partial charge is 0.325 e. The molecule has 3 rings (SSSR count). The van der Waals surface area contributed by atoms with Crippen molar-refractivity contribution in [1.29, 1.82) is 0 Å². The topological polar surface area (TPSA) is 78.5 Å². The van der Waals surface area contributed by atoms with Gasteiger partial charge in [-0.05, 0) is 31.0 Å². The van der Waals surface area contributed by atoms with E-state index in [1.807, 2.05) is 0 Å². The molecular weight excluding hydrogens is 330 g/mol. The summed E-state index contributed by atoms with van der Waals surface area (Å²) < 4.78 is 0. The minimum Gasteiger partial charge on any atom is -0.324 e. The molecule has 0 radical (unpaired) electrons. The Bertz CT molecular complexity index is 669. The smallest absolute Gasteiger partial charge is 0.324 e. The molecule has 2 aliphatic rings. The monoisotopic (exact) mass is 349 g/mol. The molecule has 1 aliphatic heterocycles. The summed E-state index contributed by atoms with van der Waals surface area (Å²) in [6.45, 7) is -0.293. The molecule has 0 atom stereocenters. The number of amides is 4. The standard InChI is InChI=1S/C17H20ClN3O3/c18-12-6-5-7-13(10-12)19-14(22)11-21-15(23)17(20-16(21)24)8-3-1-2-4-9-17/h5-7,10H,1-4,8-9,11H2,(H,19,22)(H,20,24). The second-order valence-electron chi connectivity index (χ2n) is 6.38. The number of hydrogen-bond acceptors (Lipinski definition) is 3. The predicted octanol–water partition coefficient (Wildman–Crippen LogP) is 2.92. The van der Waals surface area contributed by atoms with Crippen molar-refractivity contribution in [3.63, 3.8) is 0 Å². The Labute approximate surface area is 145 Å². The number of carbonyl (C=O) groups excluding carboxylic acids is 3. The van der Waals surface area contributed by atoms with E-state index >= 15 is 0 Å². The van der Waals surface area contributed by atoms with E-state index in [4.69, 9.17) is 11.6 Å². The van der Waals surface area contributed by atoms with E-state index in [0.717, 1.165) is 30.6 Å². The summed E-state index contributed by atoms with van der Waals surface area (Å²) in [7, 11) is 0. The molecule has 6 nitrogen and oxygen atoms in total. The molecule has 1 aliphatic carbocycles. The summed E-state index contributed by atoms with van der Waals surface area (Å²) in [5, 5.41) is 5.98. The van der Waals surface area contributed by atoms with Gasteiger partial charge in [0, 0.05) is 10.7 Å². The molecule has 2 fully saturated rings. The Morgan fingerprint density at radius 1 is 1.21 bits per heavy atom. The number of rotatable bonds is 3. The van der Waals surface area contributed by atoms with Crippen molar-refractivity contribution in [2.24, 2.45) is 0 Å². The van der Waals surface area contributed by atoms with Crippen LogP contribution in [0.15, 0.2) is 24.3 Å². The van der Waals surface area contributed by atoms with Gasteiger partial charge in [0.05, 0.1) is 0 Å². The van der Waals surface area contributed by atoms with Crippen LogP contribution in [-0.2, 0) is 9.59 Å². The second-order valence-corrected chi connectivity index (χ2v) is 6.81. The average molecular weight is 350 g/mol. The second kappa shape index (κ2) is 6.81. The number of carbonyl (C=O) groups is 3. The van der Waals surface area contributed by atoms with E-state index in [1.165, 1.54) is 0 Å². The number of anilines is 1. The molecule has 2 N–H and O–H groups in total. The highest BCUT2D eigenvalue weighted by Gasteiger charge is 2.51. The van der Waals surface area contributed by atoms with E-state index in [-0.39, 0.29) is 12.5 Å². The summed E-state index contributed by atoms with van der Waals surface area (Å²) in [6.07, 6.45) is 5.25. The van der Waals surface area contributed by atoms with Crippen LogP contribution in [0.25, 0.3) is 0 Å². The van der Waals surface area contributed by atoms with Crippen molar-refractivity contribution >= 4 is 35.1 Å². The first kappa shape index (κ1) is 16.8. The molecular formula is C17H20ClN3O3. The van der Waals surface area contributed by atoms with Gasteiger partial charge in [-0.15, -0.1) is 0 Å². The molecule has 4 amide bonds. The zero-order valence-corrected chi connectivity index (χ0v) is 14.1. The van der Waals surface area contributed by atoms with E-state index in [2.05, 4.69) is 10.6 Å². The van der Waals surface area contributed by atoms with Crippen LogP contribution in [0.5, 0.6) is 0 Å². The molecule has 0 bridgehead atoms. The fourth-order valence-corrected chi connectivity index (χ4v) is 3.59. The summed E-state index contributed by atoms with van der Waals surface area (Å²) >= 11 is 5.88. The Hall–Kier alpha value is -2.08. The Kier molecular flexibility index (Phi) is 4.76. The highest BCUT2D eigenvalue weighted by molar-refractivity contribution is 6.30. The Morgan fingerprint density at radius 2 is 1.92 bits per heavy atom. The van der Waals surface area contributed by atoms with Crippen LogP contribution in [-0.4, -0.2) is 34.8 Å². The lowest BCUT2D eigenvalue weighted by Gasteiger charge is -2.24. The maximum Gasteiger partial charge on any atom is 0.325 e. The third-order valence-electron chi connectivity index (χ3n) is 4.61. The number of benzene rings is 1. The maximum absolute atomic E-state index is 12.7. The fraction of sp³-hybridized carbons (Fsp3) is 0.471. The summed E-state index contributed by atoms with van der Waals surface area (Å²) in [4.78, 5) is 38.1. The molecule has 1 heterocycles. The maximum atomic E-state index is 12.7. The molecule has 1 saturated heterocycles. The number of imide groups is 1. The highest BCUT2D eigenvalue weighted by atomic mass is 35.5. The lowest BCUT2D eigenvalue weighted by Crippen LogP contribution is -2.47. The first-order valence-corrected chi connectivity index (χ1v) is 8.57. The van der Waals surface area contributed by atoms with Crippen LogP contribution < -0.4 is 10.6 Å². The van der Waals surface area contributed by atoms with Gasteiger partial charge in [0.25, 0.3) is 5.91 Å². The minimum atomic E-state index is -0.816. The van der Waals surface area contributed by atoms with Gasteiger partial charge in [0.1, 0.15) is 12.1 Å². The van der Waals surface area contributed by atoms with Crippen molar-refractivity contribution in [3.8, 4) is 0 Å². The van der Waals surface area contributed by atoms with Crippen LogP contribution in [0.3, 0.4) is 0 Å². The van der Waals surface area contributed by atoms with E-state index in [9.17, 15) is 14.4 Å². The van der Waals surface area contributed by atoms with Gasteiger partial charge in [-0.3, -0.25) is 14.5 Å². The molecule has 0 aromatic heterocycles. The van der Waals surface area contributed by atoms with Crippen molar-refractivity contribution < 1.29 is 14.4 Å². The van der Waals surface area contributed by atoms with Gasteiger partial charge >= 0.3 is 6.03 Å². The van der Waals surface area contributed by atoms with Crippen LogP contribution in [0.1, 0.15) is 38.5 Å². The van der Waals surface area contributed by atoms with Gasteiger partial charge in [-0.25, -0.2) is 4.79 Å². The summed E-state index contributed by atoms with van der Waals surface area (Å²) in [5.41, 5.74) is -0.284. The van der Waals surface area contributed by atoms with Crippen molar-refractivity contribution in [2.45, 2.75) is 44.1 Å². The number of nitrogens with one attached hydrogen (secondary N) is 2. The number of nitrogens with zero attached hydrogens (tertiary/aromatic N) is 1. The fourth-order valence-electron chi connectivity index (χ4n) is 3.40. The van der Waals surface area contributed by atoms with Gasteiger partial charge < -0.3 is 10.6 Å². The van der Waals surface area contributed by atoms with E-state index in [0.29, 0.717) is 23.6 Å². The molecule has 1 saturated carbocycles. The van der Waals surface area contributed by atoms with Crippen LogP contribution >= 0.6 is 11.6 Å². The first-order valence-electron chi connectivity index (χ1n) is 8.20. The van der Waals surface area contributed by atoms with Crippen molar-refractivity contribution in [3.05, 3.63) is 29.3 Å². The Balaban J connectivity index is 1.67. The molecule has 1 aromatic carbocycles. The Morgan fingerprint density at radius 3 is 2.58 bits per heavy atom. The van der Waals surface area contributed by atoms with Crippen LogP contribution in [0, 0.1) is 0 Å². The predicted molar refractivity (Wildman–Crippen MR) is 90.8 cm³/mol. The van der Waals surface area contributed by atoms with Crippen molar-refractivity contribution in [1.82, 2.24) is 10.2 Å². The van der Waals surface area contributed by atoms with Gasteiger partial charge in [0.2, 0.25) is 5.91 Å². The third kappa shape index (κ3) is 3.38. The number of urea groups is 1. The normalized spacial score (nSPS) is 20.0. The lowest BCUT2D eigenvalue weighted by molar-refractivity contribution is -0.134. The molecule has 0 unspecified atom stereocenters. The molecule has 1 aromatic rings. The first-order chi connectivity index (χ1) is 11.5. The zero-order valence-electron chi connectivity index (χ0n) is 13.3. The lowest BCUT2D eigenvalue weighted by atomic mass is 9.90.